The van der Waals surface area contributed by atoms with Crippen LogP contribution in [0.1, 0.15) is 29.2 Å². The van der Waals surface area contributed by atoms with E-state index in [-0.39, 0.29) is 11.3 Å². The van der Waals surface area contributed by atoms with Crippen molar-refractivity contribution in [1.29, 1.82) is 0 Å². The monoisotopic (exact) mass is 457 g/mol. The number of likely N-dealkylation sites (tertiary alicyclic amines) is 1. The highest BCUT2D eigenvalue weighted by molar-refractivity contribution is 6.46. The quantitative estimate of drug-likeness (QED) is 0.225. The number of ketones is 1. The minimum Gasteiger partial charge on any atom is -0.507 e. The van der Waals surface area contributed by atoms with Gasteiger partial charge in [-0.1, -0.05) is 54.6 Å². The Kier molecular flexibility index (Phi) is 6.92. The number of hydrogen-bond acceptors (Lipinski definition) is 5. The van der Waals surface area contributed by atoms with Crippen LogP contribution < -0.4 is 4.74 Å². The summed E-state index contributed by atoms with van der Waals surface area (Å²) in [5, 5.41) is 11.2. The summed E-state index contributed by atoms with van der Waals surface area (Å²) < 4.78 is 7.59. The number of imidazole rings is 1. The van der Waals surface area contributed by atoms with E-state index >= 15 is 0 Å². The molecule has 2 heterocycles. The topological polar surface area (TPSA) is 84.7 Å². The van der Waals surface area contributed by atoms with Gasteiger partial charge >= 0.3 is 0 Å². The van der Waals surface area contributed by atoms with Gasteiger partial charge in [-0.05, 0) is 31.0 Å². The molecule has 0 radical (unpaired) electrons. The summed E-state index contributed by atoms with van der Waals surface area (Å²) >= 11 is 0. The molecule has 7 heteroatoms. The van der Waals surface area contributed by atoms with E-state index in [0.717, 1.165) is 5.56 Å². The molecular weight excluding hydrogens is 430 g/mol. The van der Waals surface area contributed by atoms with E-state index in [0.29, 0.717) is 43.0 Å². The van der Waals surface area contributed by atoms with Gasteiger partial charge in [-0.3, -0.25) is 9.59 Å². The number of carbonyl (C=O) groups is 2. The minimum absolute atomic E-state index is 0.0809. The zero-order chi connectivity index (χ0) is 24.1. The fourth-order valence-electron chi connectivity index (χ4n) is 4.10. The third-order valence-corrected chi connectivity index (χ3v) is 5.78. The number of Topliss-reactive ketones (excluding diaryl/α,β-unsaturated/α-hetero) is 1. The van der Waals surface area contributed by atoms with Gasteiger partial charge < -0.3 is 19.3 Å². The molecular formula is C27H27N3O4. The normalized spacial score (nSPS) is 17.2. The van der Waals surface area contributed by atoms with Gasteiger partial charge in [0.2, 0.25) is 0 Å². The summed E-state index contributed by atoms with van der Waals surface area (Å²) in [6, 6.07) is 13.7. The molecule has 1 aliphatic rings. The Balaban J connectivity index is 1.73. The van der Waals surface area contributed by atoms with E-state index in [1.165, 1.54) is 4.90 Å². The highest BCUT2D eigenvalue weighted by Gasteiger charge is 2.45. The van der Waals surface area contributed by atoms with Crippen molar-refractivity contribution >= 4 is 17.4 Å². The third-order valence-electron chi connectivity index (χ3n) is 5.78. The number of aryl methyl sites for hydroxylation is 2. The van der Waals surface area contributed by atoms with Crippen LogP contribution in [0, 0.1) is 6.92 Å². The molecule has 1 saturated heterocycles. The SMILES string of the molecule is C=CCOc1cccc(C2/C(=C(\O)c3ccc(C)cc3)C(=O)C(=O)N2CCCn2ccnc2)c1. The lowest BCUT2D eigenvalue weighted by Gasteiger charge is -2.25. The number of aromatic nitrogens is 2. The molecule has 0 bridgehead atoms. The number of aliphatic hydroxyl groups excluding tert-OH is 1. The first-order valence-corrected chi connectivity index (χ1v) is 11.1. The van der Waals surface area contributed by atoms with Crippen LogP contribution in [0.3, 0.4) is 0 Å². The summed E-state index contributed by atoms with van der Waals surface area (Å²) in [5.74, 6) is -0.903. The van der Waals surface area contributed by atoms with Crippen molar-refractivity contribution in [2.24, 2.45) is 0 Å². The second-order valence-electron chi connectivity index (χ2n) is 8.18. The molecule has 1 amide bonds. The average molecular weight is 458 g/mol. The zero-order valence-electron chi connectivity index (χ0n) is 19.1. The predicted octanol–water partition coefficient (Wildman–Crippen LogP) is 4.27. The van der Waals surface area contributed by atoms with Crippen molar-refractivity contribution in [3.05, 3.63) is 102 Å². The molecule has 2 aromatic carbocycles. The first-order chi connectivity index (χ1) is 16.5. The summed E-state index contributed by atoms with van der Waals surface area (Å²) in [5.41, 5.74) is 2.29. The molecule has 1 N–H and O–H groups in total. The lowest BCUT2D eigenvalue weighted by atomic mass is 9.95. The summed E-state index contributed by atoms with van der Waals surface area (Å²) in [6.07, 6.45) is 7.53. The van der Waals surface area contributed by atoms with Crippen LogP contribution in [0.25, 0.3) is 5.76 Å². The second-order valence-corrected chi connectivity index (χ2v) is 8.18. The molecule has 1 aromatic heterocycles. The van der Waals surface area contributed by atoms with Gasteiger partial charge in [-0.15, -0.1) is 0 Å². The maximum Gasteiger partial charge on any atom is 0.295 e. The van der Waals surface area contributed by atoms with Gasteiger partial charge in [0.15, 0.2) is 0 Å². The Hall–Kier alpha value is -4.13. The van der Waals surface area contributed by atoms with Gasteiger partial charge in [0.05, 0.1) is 17.9 Å². The van der Waals surface area contributed by atoms with Crippen LogP contribution in [-0.2, 0) is 16.1 Å². The first kappa shape index (κ1) is 23.0. The van der Waals surface area contributed by atoms with Crippen LogP contribution in [0.4, 0.5) is 0 Å². The van der Waals surface area contributed by atoms with E-state index < -0.39 is 17.7 Å². The van der Waals surface area contributed by atoms with Gasteiger partial charge in [-0.25, -0.2) is 4.98 Å². The number of ether oxygens (including phenoxy) is 1. The number of hydrogen-bond donors (Lipinski definition) is 1. The molecule has 7 nitrogen and oxygen atoms in total. The van der Waals surface area contributed by atoms with Crippen molar-refractivity contribution in [2.45, 2.75) is 25.9 Å². The van der Waals surface area contributed by atoms with Crippen molar-refractivity contribution < 1.29 is 19.4 Å². The van der Waals surface area contributed by atoms with Crippen LogP contribution in [0.2, 0.25) is 0 Å². The number of aliphatic hydroxyl groups is 1. The van der Waals surface area contributed by atoms with E-state index in [1.54, 1.807) is 42.9 Å². The van der Waals surface area contributed by atoms with Crippen LogP contribution in [0.5, 0.6) is 5.75 Å². The van der Waals surface area contributed by atoms with Crippen LogP contribution in [0.15, 0.2) is 85.5 Å². The number of nitrogens with zero attached hydrogens (tertiary/aromatic N) is 3. The van der Waals surface area contributed by atoms with Gasteiger partial charge in [0, 0.05) is 31.0 Å². The van der Waals surface area contributed by atoms with E-state index in [1.807, 2.05) is 42.0 Å². The first-order valence-electron chi connectivity index (χ1n) is 11.1. The Morgan fingerprint density at radius 1 is 1.18 bits per heavy atom. The smallest absolute Gasteiger partial charge is 0.295 e. The highest BCUT2D eigenvalue weighted by Crippen LogP contribution is 2.40. The summed E-state index contributed by atoms with van der Waals surface area (Å²) in [7, 11) is 0. The van der Waals surface area contributed by atoms with Gasteiger partial charge in [0.1, 0.15) is 18.1 Å². The molecule has 0 spiro atoms. The van der Waals surface area contributed by atoms with E-state index in [2.05, 4.69) is 11.6 Å². The molecule has 1 atom stereocenters. The molecule has 4 rings (SSSR count). The summed E-state index contributed by atoms with van der Waals surface area (Å²) in [6.45, 7) is 6.93. The Bertz CT molecular complexity index is 1210. The Morgan fingerprint density at radius 3 is 2.68 bits per heavy atom. The maximum atomic E-state index is 13.2. The minimum atomic E-state index is -0.726. The Labute approximate surface area is 198 Å². The van der Waals surface area contributed by atoms with Gasteiger partial charge in [0.25, 0.3) is 11.7 Å². The number of benzene rings is 2. The van der Waals surface area contributed by atoms with Crippen LogP contribution >= 0.6 is 0 Å². The largest absolute Gasteiger partial charge is 0.507 e. The molecule has 34 heavy (non-hydrogen) atoms. The van der Waals surface area contributed by atoms with E-state index in [4.69, 9.17) is 4.74 Å². The molecule has 0 aliphatic carbocycles. The molecule has 1 aliphatic heterocycles. The molecule has 3 aromatic rings. The van der Waals surface area contributed by atoms with Crippen molar-refractivity contribution in [3.63, 3.8) is 0 Å². The zero-order valence-corrected chi connectivity index (χ0v) is 19.1. The van der Waals surface area contributed by atoms with Crippen molar-refractivity contribution in [1.82, 2.24) is 14.5 Å². The van der Waals surface area contributed by atoms with Crippen molar-refractivity contribution in [2.75, 3.05) is 13.2 Å². The van der Waals surface area contributed by atoms with Crippen molar-refractivity contribution in [3.8, 4) is 5.75 Å². The third kappa shape index (κ3) is 4.78. The molecule has 0 saturated carbocycles. The van der Waals surface area contributed by atoms with Gasteiger partial charge in [-0.2, -0.15) is 0 Å². The number of carbonyl (C=O) groups excluding carboxylic acids is 2. The van der Waals surface area contributed by atoms with E-state index in [9.17, 15) is 14.7 Å². The lowest BCUT2D eigenvalue weighted by molar-refractivity contribution is -0.139. The molecule has 1 unspecified atom stereocenters. The highest BCUT2D eigenvalue weighted by atomic mass is 16.5. The second kappa shape index (κ2) is 10.2. The fraction of sp³-hybridized carbons (Fsp3) is 0.222. The predicted molar refractivity (Wildman–Crippen MR) is 129 cm³/mol. The summed E-state index contributed by atoms with van der Waals surface area (Å²) in [4.78, 5) is 31.8. The molecule has 1 fully saturated rings. The Morgan fingerprint density at radius 2 is 1.97 bits per heavy atom. The standard InChI is InChI=1S/C27H27N3O4/c1-3-16-34-22-7-4-6-21(17-22)24-23(25(31)20-10-8-19(2)9-11-20)26(32)27(33)30(24)14-5-13-29-15-12-28-18-29/h3-4,6-12,15,17-18,24,31H,1,5,13-14,16H2,2H3/b25-23+. The lowest BCUT2D eigenvalue weighted by Crippen LogP contribution is -2.31. The average Bonchev–Trinajstić information content (AvgIpc) is 3.45. The maximum absolute atomic E-state index is 13.2. The number of rotatable bonds is 9. The fourth-order valence-corrected chi connectivity index (χ4v) is 4.10. The number of amides is 1. The van der Waals surface area contributed by atoms with Crippen LogP contribution in [-0.4, -0.2) is 44.4 Å². The molecule has 174 valence electrons.